The van der Waals surface area contributed by atoms with Gasteiger partial charge in [0, 0.05) is 50.0 Å². The Labute approximate surface area is 288 Å². The van der Waals surface area contributed by atoms with E-state index >= 15 is 0 Å². The Balaban J connectivity index is 1.17. The molecule has 7 aromatic carbocycles. The van der Waals surface area contributed by atoms with E-state index in [2.05, 4.69) is 71.7 Å². The lowest BCUT2D eigenvalue weighted by Gasteiger charge is -2.06. The average molecular weight is 644 g/mol. The molecule has 5 nitrogen and oxygen atoms in total. The summed E-state index contributed by atoms with van der Waals surface area (Å²) in [5, 5.41) is 12.8. The second-order valence-corrected chi connectivity index (χ2v) is 12.1. The summed E-state index contributed by atoms with van der Waals surface area (Å²) in [6, 6.07) is 54.6. The summed E-state index contributed by atoms with van der Waals surface area (Å²) >= 11 is 0. The van der Waals surface area contributed by atoms with Crippen molar-refractivity contribution in [1.82, 2.24) is 0 Å². The highest BCUT2D eigenvalue weighted by atomic mass is 16.3. The summed E-state index contributed by atoms with van der Waals surface area (Å²) in [5.41, 5.74) is 10.1. The molecule has 2 heterocycles. The van der Waals surface area contributed by atoms with Crippen LogP contribution >= 0.6 is 0 Å². The predicted molar refractivity (Wildman–Crippen MR) is 206 cm³/mol. The molecule has 0 fully saturated rings. The summed E-state index contributed by atoms with van der Waals surface area (Å²) in [6.45, 7) is 0. The van der Waals surface area contributed by atoms with Gasteiger partial charge in [-0.1, -0.05) is 140 Å². The van der Waals surface area contributed by atoms with Gasteiger partial charge in [0.05, 0.1) is 0 Å². The van der Waals surface area contributed by atoms with Crippen LogP contribution in [0.4, 0.5) is 0 Å². The first-order valence-corrected chi connectivity index (χ1v) is 16.5. The Morgan fingerprint density at radius 2 is 1.16 bits per heavy atom. The number of nitrogens with one attached hydrogen (secondary N) is 1. The molecule has 0 saturated heterocycles. The molecular formula is C45H29N3O2. The quantitative estimate of drug-likeness (QED) is 0.150. The van der Waals surface area contributed by atoms with Gasteiger partial charge in [0.2, 0.25) is 0 Å². The molecule has 0 unspecified atom stereocenters. The summed E-state index contributed by atoms with van der Waals surface area (Å²) in [7, 11) is 0. The lowest BCUT2D eigenvalue weighted by atomic mass is 9.96. The topological polar surface area (TPSA) is 74.8 Å². The van der Waals surface area contributed by atoms with E-state index in [0.717, 1.165) is 82.8 Å². The molecule has 1 N–H and O–H groups in total. The van der Waals surface area contributed by atoms with Gasteiger partial charge in [0.15, 0.2) is 11.7 Å². The molecule has 0 radical (unpaired) electrons. The summed E-state index contributed by atoms with van der Waals surface area (Å²) in [4.78, 5) is 9.54. The molecule has 0 aliphatic carbocycles. The SMILES string of the molecule is N=C(N=C(N=Cc1cccc2oc3ccc(-c4cccc5oc6c(-c7ccccc7)cccc6c45)cc3c12)c1ccccc1)c1ccccc1. The minimum atomic E-state index is 0.148. The average Bonchev–Trinajstić information content (AvgIpc) is 3.76. The third-order valence-electron chi connectivity index (χ3n) is 9.07. The Morgan fingerprint density at radius 1 is 0.500 bits per heavy atom. The molecule has 0 saturated carbocycles. The number of amidine groups is 2. The number of rotatable bonds is 5. The van der Waals surface area contributed by atoms with Crippen molar-refractivity contribution in [2.45, 2.75) is 0 Å². The molecule has 9 rings (SSSR count). The zero-order valence-electron chi connectivity index (χ0n) is 26.9. The highest BCUT2D eigenvalue weighted by Crippen LogP contribution is 2.42. The lowest BCUT2D eigenvalue weighted by Crippen LogP contribution is -2.04. The molecular weight excluding hydrogens is 615 g/mol. The molecule has 5 heteroatoms. The Hall–Kier alpha value is -6.85. The fourth-order valence-corrected chi connectivity index (χ4v) is 6.72. The Kier molecular flexibility index (Phi) is 7.21. The highest BCUT2D eigenvalue weighted by Gasteiger charge is 2.18. The van der Waals surface area contributed by atoms with Crippen molar-refractivity contribution in [3.05, 3.63) is 180 Å². The fraction of sp³-hybridized carbons (Fsp3) is 0. The van der Waals surface area contributed by atoms with Crippen LogP contribution in [-0.4, -0.2) is 17.9 Å². The number of nitrogens with zero attached hydrogens (tertiary/aromatic N) is 2. The largest absolute Gasteiger partial charge is 0.456 e. The fourth-order valence-electron chi connectivity index (χ4n) is 6.72. The van der Waals surface area contributed by atoms with E-state index in [0.29, 0.717) is 5.84 Å². The molecule has 9 aromatic rings. The monoisotopic (exact) mass is 643 g/mol. The summed E-state index contributed by atoms with van der Waals surface area (Å²) in [5.74, 6) is 0.605. The van der Waals surface area contributed by atoms with Gasteiger partial charge in [-0.15, -0.1) is 0 Å². The molecule has 0 bridgehead atoms. The highest BCUT2D eigenvalue weighted by molar-refractivity contribution is 6.19. The second kappa shape index (κ2) is 12.3. The van der Waals surface area contributed by atoms with Crippen LogP contribution in [0.1, 0.15) is 16.7 Å². The number of hydrogen-bond donors (Lipinski definition) is 1. The smallest absolute Gasteiger partial charge is 0.161 e. The first-order chi connectivity index (χ1) is 24.7. The maximum atomic E-state index is 8.68. The van der Waals surface area contributed by atoms with E-state index in [1.165, 1.54) is 0 Å². The summed E-state index contributed by atoms with van der Waals surface area (Å²) in [6.07, 6.45) is 1.82. The van der Waals surface area contributed by atoms with Crippen LogP contribution in [0, 0.1) is 5.41 Å². The van der Waals surface area contributed by atoms with Crippen LogP contribution in [0.15, 0.2) is 183 Å². The van der Waals surface area contributed by atoms with Crippen LogP contribution in [-0.2, 0) is 0 Å². The molecule has 0 aliphatic heterocycles. The van der Waals surface area contributed by atoms with Crippen molar-refractivity contribution >= 4 is 61.8 Å². The van der Waals surface area contributed by atoms with Gasteiger partial charge in [-0.05, 0) is 41.0 Å². The maximum Gasteiger partial charge on any atom is 0.161 e. The van der Waals surface area contributed by atoms with E-state index in [9.17, 15) is 0 Å². The van der Waals surface area contributed by atoms with Crippen molar-refractivity contribution in [2.75, 3.05) is 0 Å². The van der Waals surface area contributed by atoms with Gasteiger partial charge in [-0.2, -0.15) is 0 Å². The number of fused-ring (bicyclic) bond motifs is 6. The van der Waals surface area contributed by atoms with Crippen LogP contribution < -0.4 is 0 Å². The van der Waals surface area contributed by atoms with E-state index in [4.69, 9.17) is 19.2 Å². The molecule has 2 aromatic heterocycles. The normalized spacial score (nSPS) is 12.1. The van der Waals surface area contributed by atoms with Crippen molar-refractivity contribution in [2.24, 2.45) is 9.98 Å². The van der Waals surface area contributed by atoms with E-state index in [1.54, 1.807) is 0 Å². The maximum absolute atomic E-state index is 8.68. The standard InChI is InChI=1S/C45H29N3O2/c46-44(30-15-6-2-7-16-30)48-45(31-17-8-3-9-18-31)47-28-33-19-10-23-39-41(33)37-27-32(25-26-38(37)49-39)34-20-12-24-40-42(34)36-22-11-21-35(43(36)50-40)29-13-4-1-5-14-29/h1-28,46H. The van der Waals surface area contributed by atoms with Crippen molar-refractivity contribution in [1.29, 1.82) is 5.41 Å². The molecule has 236 valence electrons. The number of hydrogen-bond acceptors (Lipinski definition) is 3. The minimum Gasteiger partial charge on any atom is -0.456 e. The first kappa shape index (κ1) is 29.3. The van der Waals surface area contributed by atoms with E-state index in [1.807, 2.05) is 103 Å². The van der Waals surface area contributed by atoms with Crippen LogP contribution in [0.3, 0.4) is 0 Å². The second-order valence-electron chi connectivity index (χ2n) is 12.1. The van der Waals surface area contributed by atoms with Crippen molar-refractivity contribution < 1.29 is 8.83 Å². The van der Waals surface area contributed by atoms with Crippen LogP contribution in [0.2, 0.25) is 0 Å². The number of furan rings is 2. The molecule has 0 aliphatic rings. The lowest BCUT2D eigenvalue weighted by molar-refractivity contribution is 0.669. The zero-order valence-corrected chi connectivity index (χ0v) is 26.9. The number of aliphatic imine (C=N–C) groups is 2. The Bertz CT molecular complexity index is 2760. The van der Waals surface area contributed by atoms with Gasteiger partial charge in [-0.25, -0.2) is 9.98 Å². The van der Waals surface area contributed by atoms with Gasteiger partial charge in [-0.3, -0.25) is 5.41 Å². The summed E-state index contributed by atoms with van der Waals surface area (Å²) < 4.78 is 12.9. The first-order valence-electron chi connectivity index (χ1n) is 16.5. The predicted octanol–water partition coefficient (Wildman–Crippen LogP) is 11.7. The molecule has 0 amide bonds. The third kappa shape index (κ3) is 5.18. The number of para-hydroxylation sites is 1. The molecule has 0 atom stereocenters. The molecule has 50 heavy (non-hydrogen) atoms. The minimum absolute atomic E-state index is 0.148. The van der Waals surface area contributed by atoms with E-state index in [-0.39, 0.29) is 5.84 Å². The molecule has 0 spiro atoms. The van der Waals surface area contributed by atoms with E-state index < -0.39 is 0 Å². The van der Waals surface area contributed by atoms with Gasteiger partial charge >= 0.3 is 0 Å². The van der Waals surface area contributed by atoms with Crippen molar-refractivity contribution in [3.8, 4) is 22.3 Å². The van der Waals surface area contributed by atoms with Gasteiger partial charge in [0.1, 0.15) is 22.3 Å². The van der Waals surface area contributed by atoms with Crippen LogP contribution in [0.25, 0.3) is 66.1 Å². The van der Waals surface area contributed by atoms with Crippen LogP contribution in [0.5, 0.6) is 0 Å². The third-order valence-corrected chi connectivity index (χ3v) is 9.07. The Morgan fingerprint density at radius 3 is 1.94 bits per heavy atom. The van der Waals surface area contributed by atoms with Gasteiger partial charge in [0.25, 0.3) is 0 Å². The van der Waals surface area contributed by atoms with Gasteiger partial charge < -0.3 is 8.83 Å². The van der Waals surface area contributed by atoms with Crippen molar-refractivity contribution in [3.63, 3.8) is 0 Å². The number of benzene rings is 7. The zero-order chi connectivity index (χ0) is 33.4.